The highest BCUT2D eigenvalue weighted by Gasteiger charge is 2.05. The molecule has 0 saturated heterocycles. The molecule has 0 bridgehead atoms. The number of aromatic hydroxyl groups is 1. The van der Waals surface area contributed by atoms with Crippen LogP contribution in [-0.2, 0) is 6.54 Å². The second-order valence-electron chi connectivity index (χ2n) is 4.20. The van der Waals surface area contributed by atoms with Gasteiger partial charge in [0.05, 0.1) is 19.9 Å². The van der Waals surface area contributed by atoms with Crippen molar-refractivity contribution in [3.8, 4) is 17.2 Å². The summed E-state index contributed by atoms with van der Waals surface area (Å²) >= 11 is 3.43. The number of methoxy groups -OCH3 is 2. The van der Waals surface area contributed by atoms with Crippen molar-refractivity contribution in [1.29, 1.82) is 0 Å². The van der Waals surface area contributed by atoms with E-state index in [0.717, 1.165) is 21.5 Å². The highest BCUT2D eigenvalue weighted by molar-refractivity contribution is 9.10. The predicted octanol–water partition coefficient (Wildman–Crippen LogP) is 3.78. The zero-order valence-corrected chi connectivity index (χ0v) is 12.9. The van der Waals surface area contributed by atoms with Crippen molar-refractivity contribution in [3.05, 3.63) is 46.4 Å². The maximum absolute atomic E-state index is 9.75. The minimum Gasteiger partial charge on any atom is -0.504 e. The van der Waals surface area contributed by atoms with E-state index in [1.807, 2.05) is 24.3 Å². The van der Waals surface area contributed by atoms with E-state index in [4.69, 9.17) is 9.47 Å². The fourth-order valence-corrected chi connectivity index (χ4v) is 2.22. The second kappa shape index (κ2) is 6.52. The lowest BCUT2D eigenvalue weighted by atomic mass is 10.2. The Bertz CT molecular complexity index is 602. The number of anilines is 1. The van der Waals surface area contributed by atoms with Crippen molar-refractivity contribution < 1.29 is 14.6 Å². The Morgan fingerprint density at radius 3 is 2.40 bits per heavy atom. The molecule has 0 spiro atoms. The normalized spacial score (nSPS) is 10.2. The Hall–Kier alpha value is -1.88. The zero-order valence-electron chi connectivity index (χ0n) is 11.3. The van der Waals surface area contributed by atoms with Crippen molar-refractivity contribution >= 4 is 21.6 Å². The van der Waals surface area contributed by atoms with Gasteiger partial charge in [0.2, 0.25) is 0 Å². The third-order valence-corrected chi connectivity index (χ3v) is 3.38. The summed E-state index contributed by atoms with van der Waals surface area (Å²) in [5.41, 5.74) is 1.84. The standard InChI is InChI=1S/C15H16BrNO3/c1-19-14-6-4-11(16)8-12(14)17-9-10-3-5-15(20-2)13(18)7-10/h3-8,17-18H,9H2,1-2H3. The van der Waals surface area contributed by atoms with Gasteiger partial charge in [-0.05, 0) is 35.9 Å². The van der Waals surface area contributed by atoms with Gasteiger partial charge in [-0.3, -0.25) is 0 Å². The Labute approximate surface area is 126 Å². The van der Waals surface area contributed by atoms with Gasteiger partial charge in [0.1, 0.15) is 5.75 Å². The summed E-state index contributed by atoms with van der Waals surface area (Å²) in [5, 5.41) is 13.0. The molecule has 0 aromatic heterocycles. The fourth-order valence-electron chi connectivity index (χ4n) is 1.86. The van der Waals surface area contributed by atoms with Crippen LogP contribution in [0.3, 0.4) is 0 Å². The molecule has 0 saturated carbocycles. The third-order valence-electron chi connectivity index (χ3n) is 2.89. The zero-order chi connectivity index (χ0) is 14.5. The molecule has 2 rings (SSSR count). The van der Waals surface area contributed by atoms with Crippen LogP contribution < -0.4 is 14.8 Å². The topological polar surface area (TPSA) is 50.7 Å². The first-order chi connectivity index (χ1) is 9.63. The van der Waals surface area contributed by atoms with Crippen LogP contribution in [0.4, 0.5) is 5.69 Å². The molecule has 0 heterocycles. The number of hydrogen-bond acceptors (Lipinski definition) is 4. The monoisotopic (exact) mass is 337 g/mol. The van der Waals surface area contributed by atoms with E-state index in [9.17, 15) is 5.11 Å². The van der Waals surface area contributed by atoms with E-state index < -0.39 is 0 Å². The average molecular weight is 338 g/mol. The number of halogens is 1. The highest BCUT2D eigenvalue weighted by atomic mass is 79.9. The van der Waals surface area contributed by atoms with Crippen LogP contribution in [0.1, 0.15) is 5.56 Å². The van der Waals surface area contributed by atoms with E-state index in [-0.39, 0.29) is 5.75 Å². The summed E-state index contributed by atoms with van der Waals surface area (Å²) in [6.45, 7) is 0.574. The molecule has 2 aromatic rings. The van der Waals surface area contributed by atoms with Crippen LogP contribution in [0.15, 0.2) is 40.9 Å². The van der Waals surface area contributed by atoms with Crippen molar-refractivity contribution in [2.75, 3.05) is 19.5 Å². The average Bonchev–Trinajstić information content (AvgIpc) is 2.45. The Balaban J connectivity index is 2.12. The molecule has 0 unspecified atom stereocenters. The number of phenols is 1. The van der Waals surface area contributed by atoms with E-state index in [0.29, 0.717) is 12.3 Å². The number of rotatable bonds is 5. The van der Waals surface area contributed by atoms with Crippen LogP contribution in [0.2, 0.25) is 0 Å². The molecule has 2 N–H and O–H groups in total. The summed E-state index contributed by atoms with van der Waals surface area (Å²) in [6.07, 6.45) is 0. The maximum Gasteiger partial charge on any atom is 0.160 e. The van der Waals surface area contributed by atoms with Gasteiger partial charge in [-0.25, -0.2) is 0 Å². The highest BCUT2D eigenvalue weighted by Crippen LogP contribution is 2.30. The fraction of sp³-hybridized carbons (Fsp3) is 0.200. The molecule has 4 nitrogen and oxygen atoms in total. The van der Waals surface area contributed by atoms with E-state index in [1.54, 1.807) is 19.2 Å². The molecule has 0 aliphatic rings. The lowest BCUT2D eigenvalue weighted by Crippen LogP contribution is -2.01. The van der Waals surface area contributed by atoms with Gasteiger partial charge in [0.15, 0.2) is 11.5 Å². The lowest BCUT2D eigenvalue weighted by Gasteiger charge is -2.12. The lowest BCUT2D eigenvalue weighted by molar-refractivity contribution is 0.373. The summed E-state index contributed by atoms with van der Waals surface area (Å²) in [6, 6.07) is 11.1. The van der Waals surface area contributed by atoms with Crippen LogP contribution in [-0.4, -0.2) is 19.3 Å². The van der Waals surface area contributed by atoms with Gasteiger partial charge in [0, 0.05) is 11.0 Å². The van der Waals surface area contributed by atoms with Crippen LogP contribution in [0.5, 0.6) is 17.2 Å². The van der Waals surface area contributed by atoms with Gasteiger partial charge in [-0.2, -0.15) is 0 Å². The van der Waals surface area contributed by atoms with E-state index in [2.05, 4.69) is 21.2 Å². The molecule has 0 atom stereocenters. The Morgan fingerprint density at radius 2 is 1.75 bits per heavy atom. The molecule has 2 aromatic carbocycles. The summed E-state index contributed by atoms with van der Waals surface area (Å²) in [4.78, 5) is 0. The number of phenolic OH excluding ortho intramolecular Hbond substituents is 1. The van der Waals surface area contributed by atoms with E-state index >= 15 is 0 Å². The molecule has 0 fully saturated rings. The van der Waals surface area contributed by atoms with Crippen LogP contribution >= 0.6 is 15.9 Å². The first-order valence-corrected chi connectivity index (χ1v) is 6.86. The minimum absolute atomic E-state index is 0.132. The van der Waals surface area contributed by atoms with Crippen LogP contribution in [0.25, 0.3) is 0 Å². The largest absolute Gasteiger partial charge is 0.504 e. The summed E-state index contributed by atoms with van der Waals surface area (Å²) in [7, 11) is 3.16. The summed E-state index contributed by atoms with van der Waals surface area (Å²) in [5.74, 6) is 1.37. The second-order valence-corrected chi connectivity index (χ2v) is 5.12. The van der Waals surface area contributed by atoms with Gasteiger partial charge >= 0.3 is 0 Å². The molecular weight excluding hydrogens is 322 g/mol. The Morgan fingerprint density at radius 1 is 1.05 bits per heavy atom. The Kier molecular flexibility index (Phi) is 4.74. The quantitative estimate of drug-likeness (QED) is 0.871. The smallest absolute Gasteiger partial charge is 0.160 e. The van der Waals surface area contributed by atoms with Gasteiger partial charge in [-0.15, -0.1) is 0 Å². The van der Waals surface area contributed by atoms with Crippen molar-refractivity contribution in [2.45, 2.75) is 6.54 Å². The molecule has 20 heavy (non-hydrogen) atoms. The first-order valence-electron chi connectivity index (χ1n) is 6.07. The molecule has 0 aliphatic heterocycles. The molecule has 0 aliphatic carbocycles. The maximum atomic E-state index is 9.75. The van der Waals surface area contributed by atoms with Gasteiger partial charge in [0.25, 0.3) is 0 Å². The molecule has 5 heteroatoms. The molecule has 0 amide bonds. The van der Waals surface area contributed by atoms with E-state index in [1.165, 1.54) is 7.11 Å². The SMILES string of the molecule is COc1ccc(CNc2cc(Br)ccc2OC)cc1O. The molecular formula is C15H16BrNO3. The van der Waals surface area contributed by atoms with Gasteiger partial charge < -0.3 is 19.9 Å². The van der Waals surface area contributed by atoms with Crippen molar-refractivity contribution in [2.24, 2.45) is 0 Å². The summed E-state index contributed by atoms with van der Waals surface area (Å²) < 4.78 is 11.3. The number of benzene rings is 2. The number of ether oxygens (including phenoxy) is 2. The number of hydrogen-bond donors (Lipinski definition) is 2. The van der Waals surface area contributed by atoms with Crippen molar-refractivity contribution in [1.82, 2.24) is 0 Å². The third kappa shape index (κ3) is 3.36. The minimum atomic E-state index is 0.132. The molecule has 106 valence electrons. The number of nitrogens with one attached hydrogen (secondary N) is 1. The van der Waals surface area contributed by atoms with Gasteiger partial charge in [-0.1, -0.05) is 22.0 Å². The van der Waals surface area contributed by atoms with Crippen molar-refractivity contribution in [3.63, 3.8) is 0 Å². The first kappa shape index (κ1) is 14.5. The molecule has 0 radical (unpaired) electrons. The predicted molar refractivity (Wildman–Crippen MR) is 82.7 cm³/mol. The van der Waals surface area contributed by atoms with Crippen LogP contribution in [0, 0.1) is 0 Å².